The number of nitrogens with zero attached hydrogens (tertiary/aromatic N) is 4. The minimum atomic E-state index is -0.412. The second-order valence-corrected chi connectivity index (χ2v) is 10.5. The second-order valence-electron chi connectivity index (χ2n) is 9.51. The molecule has 0 spiro atoms. The third-order valence-electron chi connectivity index (χ3n) is 6.26. The van der Waals surface area contributed by atoms with E-state index in [1.165, 1.54) is 23.9 Å². The number of anilines is 1. The lowest BCUT2D eigenvalue weighted by atomic mass is 9.73. The fourth-order valence-electron chi connectivity index (χ4n) is 4.61. The number of nitro groups is 1. The van der Waals surface area contributed by atoms with Crippen LogP contribution in [0.1, 0.15) is 43.9 Å². The highest BCUT2D eigenvalue weighted by molar-refractivity contribution is 7.98. The van der Waals surface area contributed by atoms with Gasteiger partial charge in [-0.3, -0.25) is 14.9 Å². The zero-order valence-electron chi connectivity index (χ0n) is 19.6. The van der Waals surface area contributed by atoms with E-state index in [0.29, 0.717) is 23.3 Å². The van der Waals surface area contributed by atoms with E-state index in [1.807, 2.05) is 24.3 Å². The van der Waals surface area contributed by atoms with Crippen LogP contribution in [0.15, 0.2) is 65.0 Å². The lowest BCUT2D eigenvalue weighted by Crippen LogP contribution is -2.36. The molecule has 1 aliphatic carbocycles. The number of ether oxygens (including phenoxy) is 1. The Morgan fingerprint density at radius 2 is 1.89 bits per heavy atom. The molecule has 0 saturated heterocycles. The molecular formula is C25H25N5O4S. The number of methoxy groups -OCH3 is 1. The fraction of sp³-hybridized carbons (Fsp3) is 0.320. The molecule has 9 nitrogen and oxygen atoms in total. The van der Waals surface area contributed by atoms with E-state index < -0.39 is 4.92 Å². The monoisotopic (exact) mass is 491 g/mol. The number of Topliss-reactive ketones (excluding diaryl/α,β-unsaturated/α-hetero) is 1. The number of nitro benzene ring substituents is 1. The Morgan fingerprint density at radius 3 is 2.54 bits per heavy atom. The van der Waals surface area contributed by atoms with Crippen LogP contribution in [0.3, 0.4) is 0 Å². The number of hydrogen-bond donors (Lipinski definition) is 1. The Labute approximate surface area is 206 Å². The summed E-state index contributed by atoms with van der Waals surface area (Å²) in [4.78, 5) is 28.5. The number of allylic oxidation sites excluding steroid dienone is 2. The molecule has 0 saturated carbocycles. The highest BCUT2D eigenvalue weighted by Gasteiger charge is 2.41. The van der Waals surface area contributed by atoms with Gasteiger partial charge in [-0.2, -0.15) is 4.98 Å². The van der Waals surface area contributed by atoms with Crippen molar-refractivity contribution >= 4 is 29.2 Å². The van der Waals surface area contributed by atoms with Crippen molar-refractivity contribution in [3.63, 3.8) is 0 Å². The van der Waals surface area contributed by atoms with Crippen molar-refractivity contribution in [2.24, 2.45) is 5.41 Å². The number of fused-ring (bicyclic) bond motifs is 1. The van der Waals surface area contributed by atoms with Crippen molar-refractivity contribution in [3.05, 3.63) is 81.0 Å². The number of ketones is 1. The van der Waals surface area contributed by atoms with Crippen LogP contribution in [0, 0.1) is 15.5 Å². The predicted octanol–water partition coefficient (Wildman–Crippen LogP) is 5.15. The number of carbonyl (C=O) groups is 1. The number of non-ortho nitro benzene ring substituents is 1. The largest absolute Gasteiger partial charge is 0.497 e. The van der Waals surface area contributed by atoms with Gasteiger partial charge >= 0.3 is 0 Å². The normalized spacial score (nSPS) is 18.5. The van der Waals surface area contributed by atoms with Crippen molar-refractivity contribution in [1.82, 2.24) is 14.8 Å². The molecule has 0 fully saturated rings. The molecule has 35 heavy (non-hydrogen) atoms. The van der Waals surface area contributed by atoms with E-state index in [4.69, 9.17) is 14.8 Å². The average molecular weight is 492 g/mol. The van der Waals surface area contributed by atoms with E-state index in [2.05, 4.69) is 19.2 Å². The first-order valence-corrected chi connectivity index (χ1v) is 12.2. The Kier molecular flexibility index (Phi) is 5.84. The SMILES string of the molecule is COc1ccc([C@H]2C3=C(CC(C)(C)CC3=O)Nc3nc(SCc4ccc([N+](=O)[O-])cc4)nn32)cc1. The van der Waals surface area contributed by atoms with Gasteiger partial charge in [-0.25, -0.2) is 4.68 Å². The Bertz CT molecular complexity index is 1330. The molecule has 3 aromatic rings. The van der Waals surface area contributed by atoms with Crippen LogP contribution < -0.4 is 10.1 Å². The van der Waals surface area contributed by atoms with Crippen molar-refractivity contribution in [2.45, 2.75) is 43.6 Å². The Balaban J connectivity index is 1.47. The zero-order valence-corrected chi connectivity index (χ0v) is 20.5. The second kappa shape index (κ2) is 8.84. The van der Waals surface area contributed by atoms with Crippen LogP contribution in [-0.4, -0.2) is 32.6 Å². The summed E-state index contributed by atoms with van der Waals surface area (Å²) in [7, 11) is 1.62. The number of carbonyl (C=O) groups excluding carboxylic acids is 1. The first-order chi connectivity index (χ1) is 16.7. The number of rotatable bonds is 6. The minimum absolute atomic E-state index is 0.0603. The maximum Gasteiger partial charge on any atom is 0.269 e. The summed E-state index contributed by atoms with van der Waals surface area (Å²) < 4.78 is 7.10. The quantitative estimate of drug-likeness (QED) is 0.286. The van der Waals surface area contributed by atoms with Gasteiger partial charge in [-0.15, -0.1) is 5.10 Å². The molecular weight excluding hydrogens is 466 g/mol. The van der Waals surface area contributed by atoms with Crippen LogP contribution in [0.2, 0.25) is 0 Å². The van der Waals surface area contributed by atoms with Gasteiger partial charge in [-0.05, 0) is 35.1 Å². The zero-order chi connectivity index (χ0) is 24.7. The smallest absolute Gasteiger partial charge is 0.269 e. The van der Waals surface area contributed by atoms with Crippen LogP contribution in [-0.2, 0) is 10.5 Å². The van der Waals surface area contributed by atoms with Crippen LogP contribution in [0.4, 0.5) is 11.6 Å². The van der Waals surface area contributed by atoms with Gasteiger partial charge < -0.3 is 10.1 Å². The third-order valence-corrected chi connectivity index (χ3v) is 7.17. The molecule has 0 radical (unpaired) electrons. The molecule has 1 aromatic heterocycles. The van der Waals surface area contributed by atoms with Crippen LogP contribution in [0.5, 0.6) is 5.75 Å². The summed E-state index contributed by atoms with van der Waals surface area (Å²) in [6.07, 6.45) is 1.23. The molecule has 2 aromatic carbocycles. The molecule has 1 aliphatic heterocycles. The van der Waals surface area contributed by atoms with E-state index >= 15 is 0 Å². The number of hydrogen-bond acceptors (Lipinski definition) is 8. The third kappa shape index (κ3) is 4.53. The minimum Gasteiger partial charge on any atom is -0.497 e. The van der Waals surface area contributed by atoms with Gasteiger partial charge in [0.2, 0.25) is 11.1 Å². The van der Waals surface area contributed by atoms with Gasteiger partial charge in [0.05, 0.1) is 12.0 Å². The van der Waals surface area contributed by atoms with Gasteiger partial charge in [-0.1, -0.05) is 49.9 Å². The lowest BCUT2D eigenvalue weighted by Gasteiger charge is -2.38. The van der Waals surface area contributed by atoms with E-state index in [1.54, 1.807) is 23.9 Å². The number of thioether (sulfide) groups is 1. The molecule has 5 rings (SSSR count). The number of nitrogens with one attached hydrogen (secondary N) is 1. The van der Waals surface area contributed by atoms with Gasteiger partial charge in [0.1, 0.15) is 11.8 Å². The first-order valence-electron chi connectivity index (χ1n) is 11.2. The summed E-state index contributed by atoms with van der Waals surface area (Å²) in [6, 6.07) is 13.8. The van der Waals surface area contributed by atoms with Crippen LogP contribution >= 0.6 is 11.8 Å². The topological polar surface area (TPSA) is 112 Å². The van der Waals surface area contributed by atoms with Crippen LogP contribution in [0.25, 0.3) is 0 Å². The summed E-state index contributed by atoms with van der Waals surface area (Å²) in [5.41, 5.74) is 3.43. The number of aromatic nitrogens is 3. The summed E-state index contributed by atoms with van der Waals surface area (Å²) in [5, 5.41) is 19.6. The average Bonchev–Trinajstić information content (AvgIpc) is 3.23. The molecule has 0 unspecified atom stereocenters. The highest BCUT2D eigenvalue weighted by Crippen LogP contribution is 2.45. The maximum absolute atomic E-state index is 13.3. The highest BCUT2D eigenvalue weighted by atomic mass is 32.2. The number of benzene rings is 2. The maximum atomic E-state index is 13.3. The van der Waals surface area contributed by atoms with Gasteiger partial charge in [0, 0.05) is 35.6 Å². The molecule has 2 heterocycles. The standard InChI is InChI=1S/C25H25N5O4S/c1-25(2)12-19-21(20(31)13-25)22(16-6-10-18(34-3)11-7-16)29-23(26-19)27-24(28-29)35-14-15-4-8-17(9-5-15)30(32)33/h4-11,22H,12-14H2,1-3H3,(H,26,27,28)/t22-/m0/s1. The van der Waals surface area contributed by atoms with Crippen molar-refractivity contribution in [3.8, 4) is 5.75 Å². The summed E-state index contributed by atoms with van der Waals surface area (Å²) >= 11 is 1.44. The molecule has 10 heteroatoms. The lowest BCUT2D eigenvalue weighted by molar-refractivity contribution is -0.384. The van der Waals surface area contributed by atoms with Gasteiger partial charge in [0.25, 0.3) is 5.69 Å². The fourth-order valence-corrected chi connectivity index (χ4v) is 5.39. The molecule has 180 valence electrons. The molecule has 2 aliphatic rings. The molecule has 1 N–H and O–H groups in total. The molecule has 0 bridgehead atoms. The van der Waals surface area contributed by atoms with Gasteiger partial charge in [0.15, 0.2) is 5.78 Å². The van der Waals surface area contributed by atoms with Crippen molar-refractivity contribution in [2.75, 3.05) is 12.4 Å². The predicted molar refractivity (Wildman–Crippen MR) is 132 cm³/mol. The van der Waals surface area contributed by atoms with E-state index in [9.17, 15) is 14.9 Å². The molecule has 1 atom stereocenters. The Morgan fingerprint density at radius 1 is 1.17 bits per heavy atom. The molecule has 0 amide bonds. The van der Waals surface area contributed by atoms with Crippen molar-refractivity contribution < 1.29 is 14.5 Å². The first kappa shape index (κ1) is 23.1. The van der Waals surface area contributed by atoms with E-state index in [0.717, 1.165) is 34.6 Å². The van der Waals surface area contributed by atoms with E-state index in [-0.39, 0.29) is 22.9 Å². The summed E-state index contributed by atoms with van der Waals surface area (Å²) in [6.45, 7) is 4.20. The van der Waals surface area contributed by atoms with Crippen molar-refractivity contribution in [1.29, 1.82) is 0 Å². The summed E-state index contributed by atoms with van der Waals surface area (Å²) in [5.74, 6) is 2.02. The Hall–Kier alpha value is -3.66.